The van der Waals surface area contributed by atoms with Gasteiger partial charge in [-0.05, 0) is 23.8 Å². The summed E-state index contributed by atoms with van der Waals surface area (Å²) >= 11 is 0. The molecule has 0 aliphatic rings. The summed E-state index contributed by atoms with van der Waals surface area (Å²) in [4.78, 5) is 11.7. The van der Waals surface area contributed by atoms with E-state index in [1.807, 2.05) is 18.2 Å². The molecule has 7 heteroatoms. The van der Waals surface area contributed by atoms with E-state index >= 15 is 0 Å². The van der Waals surface area contributed by atoms with Gasteiger partial charge in [0.15, 0.2) is 5.84 Å². The monoisotopic (exact) mass is 321 g/mol. The van der Waals surface area contributed by atoms with E-state index in [4.69, 9.17) is 21.1 Å². The fourth-order valence-corrected chi connectivity index (χ4v) is 2.03. The molecule has 2 aromatic carbocycles. The van der Waals surface area contributed by atoms with Gasteiger partial charge in [-0.25, -0.2) is 4.79 Å². The highest BCUT2D eigenvalue weighted by atomic mass is 16.5. The summed E-state index contributed by atoms with van der Waals surface area (Å²) in [6.07, 6.45) is 0. The van der Waals surface area contributed by atoms with Gasteiger partial charge in [-0.2, -0.15) is 10.4 Å². The standard InChI is InChI=1S/C17H15N5O2/c1-24-17(23)12-6-4-5-11(9-12)13-7-2-3-8-14(13)21-22-15(10-18)16(19)20/h2-9,21H,1H3,(H3,19,20)/b22-15+. The lowest BCUT2D eigenvalue weighted by atomic mass is 10.0. The topological polar surface area (TPSA) is 124 Å². The highest BCUT2D eigenvalue weighted by Crippen LogP contribution is 2.28. The molecule has 0 unspecified atom stereocenters. The van der Waals surface area contributed by atoms with Crippen molar-refractivity contribution in [3.63, 3.8) is 0 Å². The Morgan fingerprint density at radius 1 is 1.29 bits per heavy atom. The predicted molar refractivity (Wildman–Crippen MR) is 91.8 cm³/mol. The van der Waals surface area contributed by atoms with Gasteiger partial charge in [0, 0.05) is 5.56 Å². The van der Waals surface area contributed by atoms with Crippen molar-refractivity contribution in [1.29, 1.82) is 10.7 Å². The van der Waals surface area contributed by atoms with Crippen LogP contribution in [0.2, 0.25) is 0 Å². The number of nitrogens with one attached hydrogen (secondary N) is 2. The average Bonchev–Trinajstić information content (AvgIpc) is 2.61. The van der Waals surface area contributed by atoms with Crippen LogP contribution in [0.3, 0.4) is 0 Å². The maximum Gasteiger partial charge on any atom is 0.337 e. The number of hydrogen-bond acceptors (Lipinski definition) is 6. The molecule has 0 radical (unpaired) electrons. The Bertz CT molecular complexity index is 852. The predicted octanol–water partition coefficient (Wildman–Crippen LogP) is 2.37. The van der Waals surface area contributed by atoms with E-state index in [0.717, 1.165) is 11.1 Å². The number of rotatable bonds is 5. The van der Waals surface area contributed by atoms with Gasteiger partial charge in [0.05, 0.1) is 18.4 Å². The normalized spacial score (nSPS) is 10.6. The van der Waals surface area contributed by atoms with Crippen LogP contribution in [0.5, 0.6) is 0 Å². The second-order valence-corrected chi connectivity index (χ2v) is 4.72. The second kappa shape index (κ2) is 7.56. The zero-order chi connectivity index (χ0) is 17.5. The largest absolute Gasteiger partial charge is 0.465 e. The van der Waals surface area contributed by atoms with Crippen molar-refractivity contribution in [2.24, 2.45) is 10.8 Å². The summed E-state index contributed by atoms with van der Waals surface area (Å²) in [7, 11) is 1.32. The van der Waals surface area contributed by atoms with Gasteiger partial charge in [-0.1, -0.05) is 30.3 Å². The molecule has 0 aliphatic carbocycles. The summed E-state index contributed by atoms with van der Waals surface area (Å²) < 4.78 is 4.73. The van der Waals surface area contributed by atoms with Gasteiger partial charge in [-0.15, -0.1) is 0 Å². The Kier molecular flexibility index (Phi) is 5.26. The van der Waals surface area contributed by atoms with Crippen LogP contribution < -0.4 is 11.2 Å². The molecule has 0 bridgehead atoms. The molecule has 120 valence electrons. The van der Waals surface area contributed by atoms with Crippen LogP contribution in [0.1, 0.15) is 10.4 Å². The smallest absolute Gasteiger partial charge is 0.337 e. The van der Waals surface area contributed by atoms with E-state index in [-0.39, 0.29) is 5.71 Å². The zero-order valence-electron chi connectivity index (χ0n) is 12.9. The first-order valence-electron chi connectivity index (χ1n) is 6.92. The summed E-state index contributed by atoms with van der Waals surface area (Å²) in [5, 5.41) is 20.0. The summed E-state index contributed by atoms with van der Waals surface area (Å²) in [5.74, 6) is -0.848. The van der Waals surface area contributed by atoms with Gasteiger partial charge >= 0.3 is 5.97 Å². The maximum absolute atomic E-state index is 11.7. The summed E-state index contributed by atoms with van der Waals surface area (Å²) in [6, 6.07) is 15.9. The number of esters is 1. The number of hydrazone groups is 1. The van der Waals surface area contributed by atoms with Crippen molar-refractivity contribution in [1.82, 2.24) is 0 Å². The molecule has 0 atom stereocenters. The van der Waals surface area contributed by atoms with Gasteiger partial charge < -0.3 is 10.5 Å². The molecular formula is C17H15N5O2. The van der Waals surface area contributed by atoms with E-state index in [2.05, 4.69) is 10.5 Å². The third kappa shape index (κ3) is 3.75. The zero-order valence-corrected chi connectivity index (χ0v) is 12.9. The molecule has 0 aliphatic heterocycles. The van der Waals surface area contributed by atoms with Crippen LogP contribution in [0.4, 0.5) is 5.69 Å². The number of methoxy groups -OCH3 is 1. The molecule has 0 heterocycles. The van der Waals surface area contributed by atoms with Crippen LogP contribution in [0.15, 0.2) is 53.6 Å². The molecule has 0 saturated carbocycles. The van der Waals surface area contributed by atoms with Crippen molar-refractivity contribution in [3.8, 4) is 17.2 Å². The molecule has 2 aromatic rings. The van der Waals surface area contributed by atoms with Crippen LogP contribution in [0, 0.1) is 16.7 Å². The minimum atomic E-state index is -0.427. The lowest BCUT2D eigenvalue weighted by molar-refractivity contribution is 0.0601. The number of nitriles is 1. The van der Waals surface area contributed by atoms with Crippen molar-refractivity contribution in [3.05, 3.63) is 54.1 Å². The molecule has 0 saturated heterocycles. The molecule has 0 aromatic heterocycles. The van der Waals surface area contributed by atoms with Crippen LogP contribution in [0.25, 0.3) is 11.1 Å². The van der Waals surface area contributed by atoms with E-state index in [9.17, 15) is 4.79 Å². The lowest BCUT2D eigenvalue weighted by Gasteiger charge is -2.10. The number of anilines is 1. The number of nitrogens with zero attached hydrogens (tertiary/aromatic N) is 2. The maximum atomic E-state index is 11.7. The number of carbonyl (C=O) groups is 1. The molecule has 2 rings (SSSR count). The van der Waals surface area contributed by atoms with E-state index in [0.29, 0.717) is 11.3 Å². The third-order valence-electron chi connectivity index (χ3n) is 3.17. The summed E-state index contributed by atoms with van der Waals surface area (Å²) in [6.45, 7) is 0. The first-order valence-corrected chi connectivity index (χ1v) is 6.92. The van der Waals surface area contributed by atoms with Gasteiger partial charge in [-0.3, -0.25) is 10.8 Å². The van der Waals surface area contributed by atoms with Crippen molar-refractivity contribution < 1.29 is 9.53 Å². The number of amidine groups is 1. The Morgan fingerprint density at radius 2 is 2.04 bits per heavy atom. The van der Waals surface area contributed by atoms with E-state index in [1.165, 1.54) is 7.11 Å². The Balaban J connectivity index is 2.41. The van der Waals surface area contributed by atoms with Crippen LogP contribution in [-0.4, -0.2) is 24.6 Å². The van der Waals surface area contributed by atoms with Crippen molar-refractivity contribution in [2.75, 3.05) is 12.5 Å². The molecule has 0 fully saturated rings. The number of carbonyl (C=O) groups excluding carboxylic acids is 1. The highest BCUT2D eigenvalue weighted by Gasteiger charge is 2.10. The third-order valence-corrected chi connectivity index (χ3v) is 3.17. The fraction of sp³-hybridized carbons (Fsp3) is 0.0588. The molecule has 4 N–H and O–H groups in total. The highest BCUT2D eigenvalue weighted by molar-refractivity contribution is 6.45. The van der Waals surface area contributed by atoms with E-state index in [1.54, 1.807) is 36.4 Å². The molecule has 7 nitrogen and oxygen atoms in total. The van der Waals surface area contributed by atoms with Crippen LogP contribution in [-0.2, 0) is 4.74 Å². The molecule has 24 heavy (non-hydrogen) atoms. The number of benzene rings is 2. The van der Waals surface area contributed by atoms with Crippen molar-refractivity contribution >= 4 is 23.2 Å². The number of nitrogens with two attached hydrogens (primary N) is 1. The average molecular weight is 321 g/mol. The van der Waals surface area contributed by atoms with Gasteiger partial charge in [0.25, 0.3) is 0 Å². The fourth-order valence-electron chi connectivity index (χ4n) is 2.03. The number of para-hydroxylation sites is 1. The molecule has 0 spiro atoms. The van der Waals surface area contributed by atoms with E-state index < -0.39 is 11.8 Å². The Morgan fingerprint density at radius 3 is 2.71 bits per heavy atom. The minimum absolute atomic E-state index is 0.215. The SMILES string of the molecule is COC(=O)c1cccc(-c2ccccc2N/N=C(\C#N)C(=N)N)c1. The number of ether oxygens (including phenoxy) is 1. The first-order chi connectivity index (χ1) is 11.6. The first kappa shape index (κ1) is 16.7. The Hall–Kier alpha value is -3.66. The number of hydrogen-bond donors (Lipinski definition) is 3. The minimum Gasteiger partial charge on any atom is -0.465 e. The second-order valence-electron chi connectivity index (χ2n) is 4.72. The molecular weight excluding hydrogens is 306 g/mol. The Labute approximate surface area is 138 Å². The van der Waals surface area contributed by atoms with Gasteiger partial charge in [0.2, 0.25) is 5.71 Å². The van der Waals surface area contributed by atoms with Crippen molar-refractivity contribution in [2.45, 2.75) is 0 Å². The lowest BCUT2D eigenvalue weighted by Crippen LogP contribution is -2.21. The molecule has 0 amide bonds. The van der Waals surface area contributed by atoms with Crippen LogP contribution >= 0.6 is 0 Å². The quantitative estimate of drug-likeness (QED) is 0.337. The van der Waals surface area contributed by atoms with Gasteiger partial charge in [0.1, 0.15) is 6.07 Å². The summed E-state index contributed by atoms with van der Waals surface area (Å²) in [5.41, 5.74) is 10.4.